The van der Waals surface area contributed by atoms with Crippen molar-refractivity contribution in [2.24, 2.45) is 0 Å². The van der Waals surface area contributed by atoms with Crippen molar-refractivity contribution >= 4 is 27.9 Å². The summed E-state index contributed by atoms with van der Waals surface area (Å²) in [6.45, 7) is 4.05. The van der Waals surface area contributed by atoms with Crippen molar-refractivity contribution in [3.8, 4) is 5.75 Å². The van der Waals surface area contributed by atoms with Crippen LogP contribution in [0, 0.1) is 0 Å². The fourth-order valence-electron chi connectivity index (χ4n) is 5.46. The molecule has 4 aromatic rings. The highest BCUT2D eigenvalue weighted by Crippen LogP contribution is 2.44. The minimum atomic E-state index is -0.212. The summed E-state index contributed by atoms with van der Waals surface area (Å²) < 4.78 is 5.82. The molecule has 4 heteroatoms. The summed E-state index contributed by atoms with van der Waals surface area (Å²) in [5.41, 5.74) is 6.13. The van der Waals surface area contributed by atoms with Crippen LogP contribution in [0.25, 0.3) is 10.8 Å². The van der Waals surface area contributed by atoms with E-state index in [9.17, 15) is 4.79 Å². The Morgan fingerprint density at radius 2 is 1.47 bits per heavy atom. The minimum absolute atomic E-state index is 0.124. The molecule has 0 saturated carbocycles. The number of ether oxygens (including phenoxy) is 1. The van der Waals surface area contributed by atoms with Crippen LogP contribution in [0.4, 0.5) is 11.4 Å². The van der Waals surface area contributed by atoms with Gasteiger partial charge in [-0.25, -0.2) is 0 Å². The van der Waals surface area contributed by atoms with Gasteiger partial charge in [-0.2, -0.15) is 0 Å². The van der Waals surface area contributed by atoms with E-state index >= 15 is 0 Å². The molecule has 4 aromatic carbocycles. The van der Waals surface area contributed by atoms with Crippen molar-refractivity contribution in [3.63, 3.8) is 0 Å². The van der Waals surface area contributed by atoms with E-state index in [2.05, 4.69) is 77.4 Å². The van der Waals surface area contributed by atoms with Gasteiger partial charge in [0.2, 0.25) is 0 Å². The number of hydrogen-bond donors (Lipinski definition) is 2. The van der Waals surface area contributed by atoms with E-state index in [1.54, 1.807) is 0 Å². The first-order valence-electron chi connectivity index (χ1n) is 12.7. The maximum absolute atomic E-state index is 13.8. The number of rotatable bonds is 4. The average molecular weight is 475 g/mol. The Morgan fingerprint density at radius 1 is 0.778 bits per heavy atom. The summed E-state index contributed by atoms with van der Waals surface area (Å²) in [5, 5.41) is 9.70. The third kappa shape index (κ3) is 4.24. The first kappa shape index (κ1) is 22.4. The Labute approximate surface area is 212 Å². The zero-order valence-corrected chi connectivity index (χ0v) is 20.6. The number of carbonyl (C=O) groups is 1. The number of fused-ring (bicyclic) bond motifs is 2. The van der Waals surface area contributed by atoms with E-state index in [0.29, 0.717) is 6.42 Å². The normalized spacial score (nSPS) is 19.2. The topological polar surface area (TPSA) is 50.4 Å². The minimum Gasteiger partial charge on any atom is -0.491 e. The second kappa shape index (κ2) is 9.19. The van der Waals surface area contributed by atoms with Gasteiger partial charge in [0.15, 0.2) is 5.78 Å². The molecule has 2 aliphatic rings. The Bertz CT molecular complexity index is 1470. The van der Waals surface area contributed by atoms with Gasteiger partial charge in [0, 0.05) is 17.7 Å². The van der Waals surface area contributed by atoms with Crippen LogP contribution in [0.5, 0.6) is 5.75 Å². The molecule has 0 aromatic heterocycles. The van der Waals surface area contributed by atoms with E-state index in [4.69, 9.17) is 4.74 Å². The van der Waals surface area contributed by atoms with Crippen molar-refractivity contribution < 1.29 is 9.53 Å². The Balaban J connectivity index is 1.40. The lowest BCUT2D eigenvalue weighted by Crippen LogP contribution is -2.26. The lowest BCUT2D eigenvalue weighted by molar-refractivity contribution is -0.116. The lowest BCUT2D eigenvalue weighted by atomic mass is 9.78. The van der Waals surface area contributed by atoms with Crippen LogP contribution >= 0.6 is 0 Å². The molecule has 36 heavy (non-hydrogen) atoms. The van der Waals surface area contributed by atoms with Gasteiger partial charge >= 0.3 is 0 Å². The first-order chi connectivity index (χ1) is 17.5. The van der Waals surface area contributed by atoms with Gasteiger partial charge in [0.25, 0.3) is 0 Å². The molecule has 1 aliphatic carbocycles. The van der Waals surface area contributed by atoms with Crippen molar-refractivity contribution in [1.29, 1.82) is 0 Å². The first-order valence-corrected chi connectivity index (χ1v) is 12.7. The summed E-state index contributed by atoms with van der Waals surface area (Å²) in [6.07, 6.45) is 1.41. The molecule has 6 rings (SSSR count). The van der Waals surface area contributed by atoms with Gasteiger partial charge < -0.3 is 15.4 Å². The third-order valence-electron chi connectivity index (χ3n) is 7.14. The number of ketones is 1. The fourth-order valence-corrected chi connectivity index (χ4v) is 5.46. The molecule has 0 amide bonds. The van der Waals surface area contributed by atoms with E-state index in [1.165, 1.54) is 16.3 Å². The maximum Gasteiger partial charge on any atom is 0.163 e. The standard InChI is InChI=1S/C32H30N2O2/c1-20(2)36-26-15-13-22(14-16-26)25-18-29-31(30(35)19-25)32(34-28-10-6-5-9-27(28)33-29)24-12-11-21-7-3-4-8-23(21)17-24/h3-17,20,25,32-34H,18-19H2,1-2H3. The number of anilines is 2. The highest BCUT2D eigenvalue weighted by Gasteiger charge is 2.36. The van der Waals surface area contributed by atoms with Crippen molar-refractivity contribution in [3.05, 3.63) is 113 Å². The van der Waals surface area contributed by atoms with Crippen LogP contribution in [-0.4, -0.2) is 11.9 Å². The molecule has 1 heterocycles. The maximum atomic E-state index is 13.8. The second-order valence-corrected chi connectivity index (χ2v) is 10.0. The molecule has 180 valence electrons. The van der Waals surface area contributed by atoms with Crippen molar-refractivity contribution in [1.82, 2.24) is 0 Å². The molecule has 0 radical (unpaired) electrons. The number of allylic oxidation sites excluding steroid dienone is 1. The van der Waals surface area contributed by atoms with E-state index < -0.39 is 0 Å². The molecule has 1 aliphatic heterocycles. The van der Waals surface area contributed by atoms with Crippen LogP contribution in [0.3, 0.4) is 0 Å². The predicted octanol–water partition coefficient (Wildman–Crippen LogP) is 7.61. The molecule has 0 spiro atoms. The lowest BCUT2D eigenvalue weighted by Gasteiger charge is -2.30. The number of para-hydroxylation sites is 2. The van der Waals surface area contributed by atoms with Crippen LogP contribution in [0.15, 0.2) is 102 Å². The van der Waals surface area contributed by atoms with Crippen LogP contribution in [0.1, 0.15) is 49.8 Å². The average Bonchev–Trinajstić information content (AvgIpc) is 3.05. The fraction of sp³-hybridized carbons (Fsp3) is 0.219. The largest absolute Gasteiger partial charge is 0.491 e. The van der Waals surface area contributed by atoms with Crippen LogP contribution < -0.4 is 15.4 Å². The number of Topliss-reactive ketones (excluding diaryl/α,β-unsaturated/α-hetero) is 1. The number of benzene rings is 4. The van der Waals surface area contributed by atoms with Crippen molar-refractivity contribution in [2.75, 3.05) is 10.6 Å². The van der Waals surface area contributed by atoms with Gasteiger partial charge in [-0.1, -0.05) is 60.7 Å². The predicted molar refractivity (Wildman–Crippen MR) is 147 cm³/mol. The van der Waals surface area contributed by atoms with E-state index in [1.807, 2.05) is 38.1 Å². The summed E-state index contributed by atoms with van der Waals surface area (Å²) in [5.74, 6) is 1.17. The highest BCUT2D eigenvalue weighted by atomic mass is 16.5. The smallest absolute Gasteiger partial charge is 0.163 e. The molecule has 2 unspecified atom stereocenters. The SMILES string of the molecule is CC(C)Oc1ccc(C2CC(=O)C3=C(C2)Nc2ccccc2NC3c2ccc3ccccc3c2)cc1. The van der Waals surface area contributed by atoms with Gasteiger partial charge in [-0.3, -0.25) is 4.79 Å². The van der Waals surface area contributed by atoms with Gasteiger partial charge in [-0.15, -0.1) is 0 Å². The van der Waals surface area contributed by atoms with Gasteiger partial charge in [0.1, 0.15) is 5.75 Å². The summed E-state index contributed by atoms with van der Waals surface area (Å²) in [7, 11) is 0. The number of hydrogen-bond acceptors (Lipinski definition) is 4. The zero-order valence-electron chi connectivity index (χ0n) is 20.6. The molecule has 0 fully saturated rings. The Morgan fingerprint density at radius 3 is 2.25 bits per heavy atom. The van der Waals surface area contributed by atoms with Crippen LogP contribution in [0.2, 0.25) is 0 Å². The Kier molecular flexibility index (Phi) is 5.73. The van der Waals surface area contributed by atoms with Gasteiger partial charge in [0.05, 0.1) is 23.5 Å². The van der Waals surface area contributed by atoms with Gasteiger partial charge in [-0.05, 0) is 78.4 Å². The molecule has 2 atom stereocenters. The molecular weight excluding hydrogens is 444 g/mol. The molecular formula is C32H30N2O2. The summed E-state index contributed by atoms with van der Waals surface area (Å²) >= 11 is 0. The zero-order chi connectivity index (χ0) is 24.6. The van der Waals surface area contributed by atoms with Crippen molar-refractivity contribution in [2.45, 2.75) is 44.8 Å². The van der Waals surface area contributed by atoms with E-state index in [-0.39, 0.29) is 23.8 Å². The van der Waals surface area contributed by atoms with E-state index in [0.717, 1.165) is 40.4 Å². The quantitative estimate of drug-likeness (QED) is 0.320. The molecule has 0 saturated heterocycles. The third-order valence-corrected chi connectivity index (χ3v) is 7.14. The number of carbonyl (C=O) groups excluding carboxylic acids is 1. The number of nitrogens with one attached hydrogen (secondary N) is 2. The Hall–Kier alpha value is -4.05. The monoisotopic (exact) mass is 474 g/mol. The summed E-state index contributed by atoms with van der Waals surface area (Å²) in [6, 6.07) is 31.1. The second-order valence-electron chi connectivity index (χ2n) is 10.0. The summed E-state index contributed by atoms with van der Waals surface area (Å²) in [4.78, 5) is 13.8. The molecule has 0 bridgehead atoms. The molecule has 4 nitrogen and oxygen atoms in total. The van der Waals surface area contributed by atoms with Crippen LogP contribution in [-0.2, 0) is 4.79 Å². The highest BCUT2D eigenvalue weighted by molar-refractivity contribution is 6.01. The molecule has 2 N–H and O–H groups in total.